The van der Waals surface area contributed by atoms with E-state index >= 15 is 0 Å². The molecule has 0 bridgehead atoms. The van der Waals surface area contributed by atoms with Crippen molar-refractivity contribution in [3.63, 3.8) is 0 Å². The molecule has 2 atom stereocenters. The minimum atomic E-state index is -4.56. The van der Waals surface area contributed by atoms with Gasteiger partial charge in [-0.3, -0.25) is 4.57 Å². The van der Waals surface area contributed by atoms with Crippen molar-refractivity contribution in [1.29, 1.82) is 0 Å². The first-order chi connectivity index (χ1) is 13.3. The van der Waals surface area contributed by atoms with Gasteiger partial charge in [-0.2, -0.15) is 8.78 Å². The highest BCUT2D eigenvalue weighted by molar-refractivity contribution is 7.55. The maximum atomic E-state index is 14.8. The molecular weight excluding hydrogens is 417 g/mol. The molecule has 0 spiro atoms. The first-order valence-corrected chi connectivity index (χ1v) is 10.9. The van der Waals surface area contributed by atoms with E-state index in [-0.39, 0.29) is 30.9 Å². The van der Waals surface area contributed by atoms with Crippen LogP contribution in [0, 0.1) is 11.8 Å². The summed E-state index contributed by atoms with van der Waals surface area (Å²) in [5, 5.41) is 0.226. The van der Waals surface area contributed by atoms with Gasteiger partial charge >= 0.3 is 13.3 Å². The number of rotatable bonds is 9. The van der Waals surface area contributed by atoms with Crippen molar-refractivity contribution in [3.05, 3.63) is 17.8 Å². The molecule has 0 amide bonds. The molecule has 2 aromatic heterocycles. The Morgan fingerprint density at radius 1 is 1.25 bits per heavy atom. The highest BCUT2D eigenvalue weighted by Gasteiger charge is 2.55. The zero-order valence-electron chi connectivity index (χ0n) is 15.6. The van der Waals surface area contributed by atoms with Crippen molar-refractivity contribution in [2.45, 2.75) is 32.5 Å². The zero-order chi connectivity index (χ0) is 20.4. The smallest absolute Gasteiger partial charge is 0.381 e. The Bertz CT molecular complexity index is 858. The van der Waals surface area contributed by atoms with Gasteiger partial charge in [-0.15, -0.1) is 0 Å². The number of imidazole rings is 1. The average Bonchev–Trinajstić information content (AvgIpc) is 3.24. The molecule has 0 radical (unpaired) electrons. The molecule has 8 nitrogen and oxygen atoms in total. The van der Waals surface area contributed by atoms with E-state index in [0.29, 0.717) is 24.3 Å². The second-order valence-electron chi connectivity index (χ2n) is 6.49. The van der Waals surface area contributed by atoms with Gasteiger partial charge in [0.05, 0.1) is 32.8 Å². The molecule has 1 fully saturated rings. The van der Waals surface area contributed by atoms with Crippen molar-refractivity contribution >= 4 is 30.4 Å². The first-order valence-electron chi connectivity index (χ1n) is 8.97. The van der Waals surface area contributed by atoms with Crippen molar-refractivity contribution in [2.24, 2.45) is 11.8 Å². The van der Waals surface area contributed by atoms with Crippen LogP contribution >= 0.6 is 19.2 Å². The van der Waals surface area contributed by atoms with Gasteiger partial charge in [0.15, 0.2) is 10.8 Å². The molecule has 156 valence electrons. The molecule has 3 heterocycles. The van der Waals surface area contributed by atoms with Crippen LogP contribution in [-0.2, 0) is 24.9 Å². The van der Waals surface area contributed by atoms with Crippen molar-refractivity contribution < 1.29 is 27.1 Å². The quantitative estimate of drug-likeness (QED) is 0.432. The zero-order valence-corrected chi connectivity index (χ0v) is 17.2. The largest absolute Gasteiger partial charge is 0.399 e. The summed E-state index contributed by atoms with van der Waals surface area (Å²) in [6, 6.07) is 0. The van der Waals surface area contributed by atoms with Crippen LogP contribution in [0.25, 0.3) is 11.2 Å². The van der Waals surface area contributed by atoms with Crippen LogP contribution in [0.2, 0.25) is 5.15 Å². The molecule has 1 aliphatic rings. The van der Waals surface area contributed by atoms with Gasteiger partial charge in [-0.05, 0) is 19.8 Å². The predicted molar refractivity (Wildman–Crippen MR) is 98.6 cm³/mol. The number of halogens is 3. The van der Waals surface area contributed by atoms with E-state index in [0.717, 1.165) is 0 Å². The molecule has 3 rings (SSSR count). The van der Waals surface area contributed by atoms with Gasteiger partial charge in [0, 0.05) is 18.9 Å². The fourth-order valence-corrected chi connectivity index (χ4v) is 5.07. The van der Waals surface area contributed by atoms with E-state index in [9.17, 15) is 13.3 Å². The van der Waals surface area contributed by atoms with Crippen LogP contribution in [0.1, 0.15) is 20.3 Å². The predicted octanol–water partition coefficient (Wildman–Crippen LogP) is 3.99. The summed E-state index contributed by atoms with van der Waals surface area (Å²) in [6.45, 7) is 3.55. The third-order valence-corrected chi connectivity index (χ3v) is 7.08. The van der Waals surface area contributed by atoms with Gasteiger partial charge in [0.25, 0.3) is 0 Å². The van der Waals surface area contributed by atoms with E-state index in [1.165, 1.54) is 20.2 Å². The van der Waals surface area contributed by atoms with Crippen LogP contribution in [0.5, 0.6) is 0 Å². The molecule has 12 heteroatoms. The Kier molecular flexibility index (Phi) is 6.66. The summed E-state index contributed by atoms with van der Waals surface area (Å²) < 4.78 is 59.1. The number of hydrogen-bond acceptors (Lipinski definition) is 7. The second kappa shape index (κ2) is 8.67. The minimum absolute atomic E-state index is 0.126. The lowest BCUT2D eigenvalue weighted by Gasteiger charge is -2.29. The standard InChI is InChI=1S/C16H22ClF2N4O4P/c1-3-26-28(24,27-4-2)16(18,19)5-11-7-25-8-12(11)6-23-10-22-13-14(17)20-9-21-15(13)23/h9-12H,3-8H2,1-2H3/t11-,12-/m0/s1. The SMILES string of the molecule is CCOP(=O)(OCC)C(F)(F)C[C@H]1COC[C@@H]1Cn1cnc2c(Cl)ncnc21. The lowest BCUT2D eigenvalue weighted by Crippen LogP contribution is -2.28. The Morgan fingerprint density at radius 2 is 1.93 bits per heavy atom. The number of aromatic nitrogens is 4. The second-order valence-corrected chi connectivity index (χ2v) is 9.02. The van der Waals surface area contributed by atoms with Crippen LogP contribution in [0.4, 0.5) is 8.78 Å². The van der Waals surface area contributed by atoms with Crippen LogP contribution in [-0.4, -0.2) is 51.6 Å². The van der Waals surface area contributed by atoms with Gasteiger partial charge < -0.3 is 18.4 Å². The molecular formula is C16H22ClF2N4O4P. The normalized spacial score (nSPS) is 20.9. The molecule has 0 aliphatic carbocycles. The number of fused-ring (bicyclic) bond motifs is 1. The summed E-state index contributed by atoms with van der Waals surface area (Å²) in [4.78, 5) is 12.2. The Labute approximate surface area is 166 Å². The fraction of sp³-hybridized carbons (Fsp3) is 0.688. The van der Waals surface area contributed by atoms with Crippen molar-refractivity contribution in [1.82, 2.24) is 19.5 Å². The molecule has 0 N–H and O–H groups in total. The van der Waals surface area contributed by atoms with Gasteiger partial charge in [-0.1, -0.05) is 11.6 Å². The Balaban J connectivity index is 1.77. The van der Waals surface area contributed by atoms with Crippen LogP contribution in [0.3, 0.4) is 0 Å². The maximum Gasteiger partial charge on any atom is 0.399 e. The summed E-state index contributed by atoms with van der Waals surface area (Å²) in [7, 11) is -4.56. The average molecular weight is 439 g/mol. The maximum absolute atomic E-state index is 14.8. The highest BCUT2D eigenvalue weighted by Crippen LogP contribution is 2.64. The van der Waals surface area contributed by atoms with E-state index < -0.39 is 25.6 Å². The van der Waals surface area contributed by atoms with E-state index in [2.05, 4.69) is 15.0 Å². The molecule has 0 saturated carbocycles. The lowest BCUT2D eigenvalue weighted by atomic mass is 9.93. The van der Waals surface area contributed by atoms with E-state index in [1.807, 2.05) is 0 Å². The molecule has 0 aromatic carbocycles. The molecule has 2 aromatic rings. The van der Waals surface area contributed by atoms with E-state index in [1.54, 1.807) is 10.9 Å². The number of hydrogen-bond donors (Lipinski definition) is 0. The monoisotopic (exact) mass is 438 g/mol. The van der Waals surface area contributed by atoms with Crippen LogP contribution in [0.15, 0.2) is 12.7 Å². The van der Waals surface area contributed by atoms with Crippen molar-refractivity contribution in [2.75, 3.05) is 26.4 Å². The molecule has 0 unspecified atom stereocenters. The van der Waals surface area contributed by atoms with Crippen molar-refractivity contribution in [3.8, 4) is 0 Å². The summed E-state index contributed by atoms with van der Waals surface area (Å²) >= 11 is 6.00. The summed E-state index contributed by atoms with van der Waals surface area (Å²) in [5.41, 5.74) is -2.65. The third-order valence-electron chi connectivity index (χ3n) is 4.62. The molecule has 28 heavy (non-hydrogen) atoms. The summed E-state index contributed by atoms with van der Waals surface area (Å²) in [6.07, 6.45) is 2.21. The first kappa shape index (κ1) is 21.5. The third kappa shape index (κ3) is 4.21. The van der Waals surface area contributed by atoms with E-state index in [4.69, 9.17) is 25.4 Å². The Hall–Kier alpha value is -1.19. The number of ether oxygens (including phenoxy) is 1. The Morgan fingerprint density at radius 3 is 2.61 bits per heavy atom. The van der Waals surface area contributed by atoms with Crippen LogP contribution < -0.4 is 0 Å². The highest BCUT2D eigenvalue weighted by atomic mass is 35.5. The lowest BCUT2D eigenvalue weighted by molar-refractivity contribution is 0.0118. The van der Waals surface area contributed by atoms with Gasteiger partial charge in [0.1, 0.15) is 11.8 Å². The minimum Gasteiger partial charge on any atom is -0.381 e. The molecule has 1 aliphatic heterocycles. The topological polar surface area (TPSA) is 88.4 Å². The number of nitrogens with zero attached hydrogens (tertiary/aromatic N) is 4. The fourth-order valence-electron chi connectivity index (χ4n) is 3.30. The molecule has 1 saturated heterocycles. The van der Waals surface area contributed by atoms with Gasteiger partial charge in [-0.25, -0.2) is 15.0 Å². The van der Waals surface area contributed by atoms with Gasteiger partial charge in [0.2, 0.25) is 0 Å². The number of alkyl halides is 2. The summed E-state index contributed by atoms with van der Waals surface area (Å²) in [5.74, 6) is -0.771.